The molecule has 0 saturated heterocycles. The summed E-state index contributed by atoms with van der Waals surface area (Å²) in [6, 6.07) is 7.35. The minimum absolute atomic E-state index is 0.447. The van der Waals surface area contributed by atoms with Gasteiger partial charge in [-0.1, -0.05) is 39.0 Å². The van der Waals surface area contributed by atoms with Crippen molar-refractivity contribution < 1.29 is 0 Å². The molecule has 0 aliphatic heterocycles. The predicted molar refractivity (Wildman–Crippen MR) is 84.5 cm³/mol. The summed E-state index contributed by atoms with van der Waals surface area (Å²) in [6.07, 6.45) is 1.06. The van der Waals surface area contributed by atoms with Gasteiger partial charge in [-0.05, 0) is 62.5 Å². The van der Waals surface area contributed by atoms with E-state index >= 15 is 0 Å². The molecule has 19 heavy (non-hydrogen) atoms. The molecule has 0 radical (unpaired) electrons. The van der Waals surface area contributed by atoms with E-state index in [9.17, 15) is 0 Å². The number of nitrogens with zero attached hydrogens (tertiary/aromatic N) is 1. The van der Waals surface area contributed by atoms with Crippen LogP contribution >= 0.6 is 0 Å². The van der Waals surface area contributed by atoms with Gasteiger partial charge in [0.2, 0.25) is 0 Å². The fraction of sp³-hybridized carbons (Fsp3) is 0.647. The Morgan fingerprint density at radius 3 is 2.26 bits per heavy atom. The van der Waals surface area contributed by atoms with E-state index in [-0.39, 0.29) is 0 Å². The molecule has 1 rings (SSSR count). The van der Waals surface area contributed by atoms with Crippen LogP contribution < -0.4 is 5.73 Å². The van der Waals surface area contributed by atoms with E-state index in [2.05, 4.69) is 64.9 Å². The van der Waals surface area contributed by atoms with E-state index in [0.29, 0.717) is 17.9 Å². The molecule has 0 aromatic heterocycles. The maximum atomic E-state index is 5.74. The van der Waals surface area contributed by atoms with E-state index < -0.39 is 0 Å². The molecule has 0 spiro atoms. The average molecular weight is 262 g/mol. The van der Waals surface area contributed by atoms with Gasteiger partial charge in [-0.15, -0.1) is 0 Å². The highest BCUT2D eigenvalue weighted by atomic mass is 15.1. The van der Waals surface area contributed by atoms with Crippen molar-refractivity contribution in [3.05, 3.63) is 34.9 Å². The molecule has 1 aromatic rings. The minimum Gasteiger partial charge on any atom is -0.330 e. The second-order valence-corrected chi connectivity index (χ2v) is 6.23. The third-order valence-corrected chi connectivity index (χ3v) is 4.01. The monoisotopic (exact) mass is 262 g/mol. The van der Waals surface area contributed by atoms with Crippen LogP contribution in [0.5, 0.6) is 0 Å². The molecule has 2 unspecified atom stereocenters. The lowest BCUT2D eigenvalue weighted by atomic mass is 9.86. The van der Waals surface area contributed by atoms with Gasteiger partial charge in [0.05, 0.1) is 0 Å². The van der Waals surface area contributed by atoms with E-state index in [1.54, 1.807) is 0 Å². The Labute approximate surface area is 119 Å². The fourth-order valence-electron chi connectivity index (χ4n) is 2.85. The van der Waals surface area contributed by atoms with Gasteiger partial charge in [0, 0.05) is 6.04 Å². The highest BCUT2D eigenvalue weighted by molar-refractivity contribution is 5.35. The molecule has 0 heterocycles. The number of rotatable bonds is 6. The summed E-state index contributed by atoms with van der Waals surface area (Å²) >= 11 is 0. The Hall–Kier alpha value is -0.860. The zero-order chi connectivity index (χ0) is 14.6. The Morgan fingerprint density at radius 1 is 1.16 bits per heavy atom. The van der Waals surface area contributed by atoms with Crippen molar-refractivity contribution in [1.29, 1.82) is 0 Å². The standard InChI is InChI=1S/C17H30N2/c1-12(2)15-8-7-13(3)16(11-15)17(19(5)6)14(4)9-10-18/h7-8,11-12,14,17H,9-10,18H2,1-6H3. The van der Waals surface area contributed by atoms with Crippen LogP contribution in [0.2, 0.25) is 0 Å². The van der Waals surface area contributed by atoms with Crippen LogP contribution in [0.4, 0.5) is 0 Å². The number of hydrogen-bond acceptors (Lipinski definition) is 2. The van der Waals surface area contributed by atoms with Crippen molar-refractivity contribution >= 4 is 0 Å². The highest BCUT2D eigenvalue weighted by Crippen LogP contribution is 2.32. The maximum absolute atomic E-state index is 5.74. The van der Waals surface area contributed by atoms with Crippen LogP contribution in [-0.2, 0) is 0 Å². The Bertz CT molecular complexity index is 396. The predicted octanol–water partition coefficient (Wildman–Crippen LogP) is 3.71. The quantitative estimate of drug-likeness (QED) is 0.847. The van der Waals surface area contributed by atoms with Crippen LogP contribution in [-0.4, -0.2) is 25.5 Å². The SMILES string of the molecule is Cc1ccc(C(C)C)cc1C(C(C)CCN)N(C)C. The Balaban J connectivity index is 3.18. The van der Waals surface area contributed by atoms with Crippen LogP contribution in [0.25, 0.3) is 0 Å². The molecule has 2 nitrogen and oxygen atoms in total. The van der Waals surface area contributed by atoms with Crippen molar-refractivity contribution in [3.63, 3.8) is 0 Å². The topological polar surface area (TPSA) is 29.3 Å². The molecular formula is C17H30N2. The summed E-state index contributed by atoms with van der Waals surface area (Å²) in [6.45, 7) is 9.78. The van der Waals surface area contributed by atoms with Gasteiger partial charge in [0.25, 0.3) is 0 Å². The van der Waals surface area contributed by atoms with Crippen LogP contribution in [0.3, 0.4) is 0 Å². The number of benzene rings is 1. The molecule has 0 fully saturated rings. The van der Waals surface area contributed by atoms with E-state index in [4.69, 9.17) is 5.73 Å². The summed E-state index contributed by atoms with van der Waals surface area (Å²) in [5.41, 5.74) is 10.0. The molecule has 0 aliphatic rings. The van der Waals surface area contributed by atoms with Crippen molar-refractivity contribution in [2.24, 2.45) is 11.7 Å². The second-order valence-electron chi connectivity index (χ2n) is 6.23. The summed E-state index contributed by atoms with van der Waals surface area (Å²) < 4.78 is 0. The lowest BCUT2D eigenvalue weighted by molar-refractivity contribution is 0.216. The number of hydrogen-bond donors (Lipinski definition) is 1. The van der Waals surface area contributed by atoms with Crippen molar-refractivity contribution in [2.75, 3.05) is 20.6 Å². The third kappa shape index (κ3) is 4.05. The van der Waals surface area contributed by atoms with Crippen LogP contribution in [0.1, 0.15) is 55.8 Å². The first-order valence-electron chi connectivity index (χ1n) is 7.35. The average Bonchev–Trinajstić information content (AvgIpc) is 2.31. The minimum atomic E-state index is 0.447. The smallest absolute Gasteiger partial charge is 0.0370 e. The zero-order valence-corrected chi connectivity index (χ0v) is 13.4. The fourth-order valence-corrected chi connectivity index (χ4v) is 2.85. The normalized spacial score (nSPS) is 15.0. The first-order valence-corrected chi connectivity index (χ1v) is 7.35. The molecule has 2 atom stereocenters. The molecule has 2 N–H and O–H groups in total. The van der Waals surface area contributed by atoms with Crippen molar-refractivity contribution in [3.8, 4) is 0 Å². The maximum Gasteiger partial charge on any atom is 0.0370 e. The van der Waals surface area contributed by atoms with Crippen molar-refractivity contribution in [2.45, 2.75) is 46.1 Å². The van der Waals surface area contributed by atoms with Crippen LogP contribution in [0.15, 0.2) is 18.2 Å². The molecule has 108 valence electrons. The number of nitrogens with two attached hydrogens (primary N) is 1. The molecule has 1 aromatic carbocycles. The Kier molecular flexibility index (Phi) is 6.02. The van der Waals surface area contributed by atoms with Gasteiger partial charge < -0.3 is 10.6 Å². The summed E-state index contributed by atoms with van der Waals surface area (Å²) in [4.78, 5) is 2.33. The first-order chi connectivity index (χ1) is 8.88. The lowest BCUT2D eigenvalue weighted by Crippen LogP contribution is -2.28. The third-order valence-electron chi connectivity index (χ3n) is 4.01. The van der Waals surface area contributed by atoms with Gasteiger partial charge in [-0.2, -0.15) is 0 Å². The molecular weight excluding hydrogens is 232 g/mol. The molecule has 0 aliphatic carbocycles. The largest absolute Gasteiger partial charge is 0.330 e. The summed E-state index contributed by atoms with van der Waals surface area (Å²) in [5.74, 6) is 1.15. The summed E-state index contributed by atoms with van der Waals surface area (Å²) in [5, 5.41) is 0. The highest BCUT2D eigenvalue weighted by Gasteiger charge is 2.23. The molecule has 0 saturated carbocycles. The zero-order valence-electron chi connectivity index (χ0n) is 13.4. The van der Waals surface area contributed by atoms with E-state index in [1.807, 2.05) is 0 Å². The Morgan fingerprint density at radius 2 is 1.79 bits per heavy atom. The molecule has 0 bridgehead atoms. The van der Waals surface area contributed by atoms with Gasteiger partial charge in [-0.3, -0.25) is 0 Å². The van der Waals surface area contributed by atoms with E-state index in [1.165, 1.54) is 16.7 Å². The lowest BCUT2D eigenvalue weighted by Gasteiger charge is -2.32. The van der Waals surface area contributed by atoms with Gasteiger partial charge in [-0.25, -0.2) is 0 Å². The summed E-state index contributed by atoms with van der Waals surface area (Å²) in [7, 11) is 4.33. The van der Waals surface area contributed by atoms with Gasteiger partial charge in [0.15, 0.2) is 0 Å². The molecule has 0 amide bonds. The van der Waals surface area contributed by atoms with E-state index in [0.717, 1.165) is 13.0 Å². The first kappa shape index (κ1) is 16.2. The second kappa shape index (κ2) is 7.06. The van der Waals surface area contributed by atoms with Gasteiger partial charge in [0.1, 0.15) is 0 Å². The van der Waals surface area contributed by atoms with Crippen LogP contribution in [0, 0.1) is 12.8 Å². The molecule has 2 heteroatoms. The van der Waals surface area contributed by atoms with Crippen molar-refractivity contribution in [1.82, 2.24) is 4.90 Å². The number of aryl methyl sites for hydroxylation is 1. The van der Waals surface area contributed by atoms with Gasteiger partial charge >= 0.3 is 0 Å².